The van der Waals surface area contributed by atoms with Gasteiger partial charge in [0.25, 0.3) is 0 Å². The highest BCUT2D eigenvalue weighted by molar-refractivity contribution is 5.78. The molecule has 1 aliphatic heterocycles. The van der Waals surface area contributed by atoms with Gasteiger partial charge in [-0.1, -0.05) is 13.8 Å². The van der Waals surface area contributed by atoms with Gasteiger partial charge in [-0.3, -0.25) is 4.79 Å². The largest absolute Gasteiger partial charge is 0.340 e. The molecule has 1 aliphatic rings. The Balaban J connectivity index is 2.50. The van der Waals surface area contributed by atoms with Crippen LogP contribution in [0.2, 0.25) is 0 Å². The van der Waals surface area contributed by atoms with E-state index in [0.29, 0.717) is 11.9 Å². The lowest BCUT2D eigenvalue weighted by Gasteiger charge is -2.38. The Morgan fingerprint density at radius 2 is 2.00 bits per heavy atom. The lowest BCUT2D eigenvalue weighted by atomic mass is 10.1. The summed E-state index contributed by atoms with van der Waals surface area (Å²) in [6, 6.07) is 0.497. The SMILES string of the molecule is CC(C)C(=O)N1CCN(C)C(C)C1. The van der Waals surface area contributed by atoms with Crippen LogP contribution in [0.5, 0.6) is 0 Å². The molecule has 1 fully saturated rings. The number of nitrogens with zero attached hydrogens (tertiary/aromatic N) is 2. The van der Waals surface area contributed by atoms with E-state index in [9.17, 15) is 4.79 Å². The Morgan fingerprint density at radius 3 is 2.46 bits per heavy atom. The van der Waals surface area contributed by atoms with Crippen molar-refractivity contribution in [3.63, 3.8) is 0 Å². The van der Waals surface area contributed by atoms with E-state index in [2.05, 4.69) is 18.9 Å². The van der Waals surface area contributed by atoms with Crippen LogP contribution in [0.4, 0.5) is 0 Å². The average Bonchev–Trinajstić information content (AvgIpc) is 2.08. The van der Waals surface area contributed by atoms with E-state index in [-0.39, 0.29) is 5.92 Å². The third kappa shape index (κ3) is 2.44. The molecule has 0 radical (unpaired) electrons. The molecule has 1 heterocycles. The first-order chi connectivity index (χ1) is 6.02. The summed E-state index contributed by atoms with van der Waals surface area (Å²) in [4.78, 5) is 15.9. The number of carbonyl (C=O) groups excluding carboxylic acids is 1. The third-order valence-electron chi connectivity index (χ3n) is 2.77. The van der Waals surface area contributed by atoms with Crippen molar-refractivity contribution in [1.82, 2.24) is 9.80 Å². The minimum absolute atomic E-state index is 0.135. The minimum Gasteiger partial charge on any atom is -0.340 e. The Kier molecular flexibility index (Phi) is 3.31. The highest BCUT2D eigenvalue weighted by atomic mass is 16.2. The van der Waals surface area contributed by atoms with Crippen LogP contribution in [0.25, 0.3) is 0 Å². The lowest BCUT2D eigenvalue weighted by Crippen LogP contribution is -2.52. The molecule has 76 valence electrons. The molecule has 0 bridgehead atoms. The third-order valence-corrected chi connectivity index (χ3v) is 2.77. The molecule has 1 rings (SSSR count). The van der Waals surface area contributed by atoms with Gasteiger partial charge < -0.3 is 9.80 Å². The first kappa shape index (κ1) is 10.5. The molecular formula is C10H20N2O. The molecule has 0 saturated carbocycles. The average molecular weight is 184 g/mol. The zero-order valence-electron chi connectivity index (χ0n) is 9.08. The lowest BCUT2D eigenvalue weighted by molar-refractivity contribution is -0.137. The van der Waals surface area contributed by atoms with Gasteiger partial charge in [0.1, 0.15) is 0 Å². The second kappa shape index (κ2) is 4.09. The van der Waals surface area contributed by atoms with E-state index in [1.807, 2.05) is 18.7 Å². The quantitative estimate of drug-likeness (QED) is 0.602. The molecule has 0 aromatic heterocycles. The van der Waals surface area contributed by atoms with Gasteiger partial charge in [-0.25, -0.2) is 0 Å². The molecule has 3 nitrogen and oxygen atoms in total. The van der Waals surface area contributed by atoms with Crippen LogP contribution in [0.1, 0.15) is 20.8 Å². The smallest absolute Gasteiger partial charge is 0.225 e. The fraction of sp³-hybridized carbons (Fsp3) is 0.900. The predicted octanol–water partition coefficient (Wildman–Crippen LogP) is 0.805. The van der Waals surface area contributed by atoms with Gasteiger partial charge in [0.05, 0.1) is 0 Å². The number of hydrogen-bond donors (Lipinski definition) is 0. The van der Waals surface area contributed by atoms with Crippen LogP contribution >= 0.6 is 0 Å². The fourth-order valence-electron chi connectivity index (χ4n) is 1.61. The highest BCUT2D eigenvalue weighted by Gasteiger charge is 2.25. The molecule has 0 spiro atoms. The summed E-state index contributed by atoms with van der Waals surface area (Å²) >= 11 is 0. The van der Waals surface area contributed by atoms with Gasteiger partial charge in [0.15, 0.2) is 0 Å². The van der Waals surface area contributed by atoms with Gasteiger partial charge >= 0.3 is 0 Å². The summed E-state index contributed by atoms with van der Waals surface area (Å²) in [7, 11) is 2.11. The topological polar surface area (TPSA) is 23.6 Å². The molecule has 1 amide bonds. The molecule has 1 unspecified atom stereocenters. The normalized spacial score (nSPS) is 25.3. The Bertz CT molecular complexity index is 191. The van der Waals surface area contributed by atoms with Crippen LogP contribution in [-0.2, 0) is 4.79 Å². The standard InChI is InChI=1S/C10H20N2O/c1-8(2)10(13)12-6-5-11(4)9(3)7-12/h8-9H,5-7H2,1-4H3. The van der Waals surface area contributed by atoms with Crippen LogP contribution in [0.3, 0.4) is 0 Å². The number of rotatable bonds is 1. The van der Waals surface area contributed by atoms with Gasteiger partial charge in [-0.15, -0.1) is 0 Å². The molecule has 0 aliphatic carbocycles. The fourth-order valence-corrected chi connectivity index (χ4v) is 1.61. The van der Waals surface area contributed by atoms with Crippen molar-refractivity contribution in [2.24, 2.45) is 5.92 Å². The molecule has 0 aromatic carbocycles. The summed E-state index contributed by atoms with van der Waals surface area (Å²) in [6.45, 7) is 8.86. The van der Waals surface area contributed by atoms with Gasteiger partial charge in [-0.2, -0.15) is 0 Å². The number of amides is 1. The minimum atomic E-state index is 0.135. The van der Waals surface area contributed by atoms with E-state index in [1.165, 1.54) is 0 Å². The summed E-state index contributed by atoms with van der Waals surface area (Å²) in [5.41, 5.74) is 0. The zero-order valence-corrected chi connectivity index (χ0v) is 9.08. The van der Waals surface area contributed by atoms with Crippen LogP contribution in [0.15, 0.2) is 0 Å². The molecular weight excluding hydrogens is 164 g/mol. The Hall–Kier alpha value is -0.570. The van der Waals surface area contributed by atoms with Crippen molar-refractivity contribution >= 4 is 5.91 Å². The number of likely N-dealkylation sites (N-methyl/N-ethyl adjacent to an activating group) is 1. The number of piperazine rings is 1. The van der Waals surface area contributed by atoms with Crippen molar-refractivity contribution in [1.29, 1.82) is 0 Å². The molecule has 13 heavy (non-hydrogen) atoms. The summed E-state index contributed by atoms with van der Waals surface area (Å²) < 4.78 is 0. The molecule has 1 saturated heterocycles. The second-order valence-corrected chi connectivity index (χ2v) is 4.27. The van der Waals surface area contributed by atoms with E-state index in [1.54, 1.807) is 0 Å². The molecule has 3 heteroatoms. The van der Waals surface area contributed by atoms with Gasteiger partial charge in [0.2, 0.25) is 5.91 Å². The second-order valence-electron chi connectivity index (χ2n) is 4.27. The van der Waals surface area contributed by atoms with Crippen molar-refractivity contribution in [2.75, 3.05) is 26.7 Å². The summed E-state index contributed by atoms with van der Waals surface area (Å²) in [5, 5.41) is 0. The Labute approximate surface area is 80.7 Å². The van der Waals surface area contributed by atoms with Crippen molar-refractivity contribution < 1.29 is 4.79 Å². The van der Waals surface area contributed by atoms with Gasteiger partial charge in [-0.05, 0) is 14.0 Å². The first-order valence-corrected chi connectivity index (χ1v) is 5.01. The van der Waals surface area contributed by atoms with Crippen molar-refractivity contribution in [3.8, 4) is 0 Å². The maximum atomic E-state index is 11.7. The zero-order chi connectivity index (χ0) is 10.0. The Morgan fingerprint density at radius 1 is 1.38 bits per heavy atom. The van der Waals surface area contributed by atoms with Crippen LogP contribution < -0.4 is 0 Å². The molecule has 0 N–H and O–H groups in total. The van der Waals surface area contributed by atoms with Crippen molar-refractivity contribution in [3.05, 3.63) is 0 Å². The maximum absolute atomic E-state index is 11.7. The van der Waals surface area contributed by atoms with E-state index >= 15 is 0 Å². The van der Waals surface area contributed by atoms with Gasteiger partial charge in [0, 0.05) is 31.6 Å². The van der Waals surface area contributed by atoms with Crippen molar-refractivity contribution in [2.45, 2.75) is 26.8 Å². The van der Waals surface area contributed by atoms with E-state index < -0.39 is 0 Å². The van der Waals surface area contributed by atoms with E-state index in [4.69, 9.17) is 0 Å². The van der Waals surface area contributed by atoms with Crippen LogP contribution in [-0.4, -0.2) is 48.4 Å². The molecule has 1 atom stereocenters. The highest BCUT2D eigenvalue weighted by Crippen LogP contribution is 2.10. The number of hydrogen-bond acceptors (Lipinski definition) is 2. The first-order valence-electron chi connectivity index (χ1n) is 5.01. The monoisotopic (exact) mass is 184 g/mol. The predicted molar refractivity (Wildman–Crippen MR) is 53.5 cm³/mol. The van der Waals surface area contributed by atoms with E-state index in [0.717, 1.165) is 19.6 Å². The molecule has 0 aromatic rings. The number of carbonyl (C=O) groups is 1. The van der Waals surface area contributed by atoms with Crippen LogP contribution in [0, 0.1) is 5.92 Å². The summed E-state index contributed by atoms with van der Waals surface area (Å²) in [5.74, 6) is 0.426. The maximum Gasteiger partial charge on any atom is 0.225 e. The summed E-state index contributed by atoms with van der Waals surface area (Å²) in [6.07, 6.45) is 0.